The summed E-state index contributed by atoms with van der Waals surface area (Å²) in [4.78, 5) is 25.2. The van der Waals surface area contributed by atoms with Crippen LogP contribution in [-0.4, -0.2) is 43.0 Å². The molecule has 114 valence electrons. The van der Waals surface area contributed by atoms with Crippen LogP contribution < -0.4 is 5.32 Å². The number of amides is 2. The second-order valence-electron chi connectivity index (χ2n) is 4.52. The zero-order valence-corrected chi connectivity index (χ0v) is 14.2. The van der Waals surface area contributed by atoms with Crippen molar-refractivity contribution in [1.29, 1.82) is 0 Å². The largest absolute Gasteiger partial charge is 0.301 e. The van der Waals surface area contributed by atoms with Gasteiger partial charge in [0.25, 0.3) is 0 Å². The van der Waals surface area contributed by atoms with E-state index in [9.17, 15) is 9.59 Å². The molecule has 1 aliphatic rings. The molecule has 2 rings (SSSR count). The van der Waals surface area contributed by atoms with E-state index in [2.05, 4.69) is 15.5 Å². The zero-order valence-electron chi connectivity index (χ0n) is 11.8. The molecule has 1 unspecified atom stereocenters. The van der Waals surface area contributed by atoms with E-state index in [0.717, 1.165) is 11.4 Å². The minimum absolute atomic E-state index is 0.0297. The molecular formula is C12H16N4O2S3. The van der Waals surface area contributed by atoms with E-state index in [1.165, 1.54) is 23.1 Å². The number of nitrogens with one attached hydrogen (secondary N) is 1. The molecule has 6 nitrogen and oxygen atoms in total. The molecule has 0 bridgehead atoms. The summed E-state index contributed by atoms with van der Waals surface area (Å²) in [5.41, 5.74) is 0. The Morgan fingerprint density at radius 1 is 1.48 bits per heavy atom. The van der Waals surface area contributed by atoms with E-state index in [1.807, 2.05) is 13.8 Å². The van der Waals surface area contributed by atoms with Gasteiger partial charge in [-0.3, -0.25) is 14.5 Å². The van der Waals surface area contributed by atoms with Crippen LogP contribution in [0.1, 0.15) is 31.7 Å². The third-order valence-electron chi connectivity index (χ3n) is 2.91. The number of carbonyl (C=O) groups excluding carboxylic acids is 2. The van der Waals surface area contributed by atoms with Gasteiger partial charge in [0.15, 0.2) is 0 Å². The molecule has 0 radical (unpaired) electrons. The molecule has 1 N–H and O–H groups in total. The number of hydrogen-bond donors (Lipinski definition) is 1. The molecule has 0 spiro atoms. The first-order valence-corrected chi connectivity index (χ1v) is 8.76. The molecule has 9 heteroatoms. The van der Waals surface area contributed by atoms with Crippen LogP contribution in [0.4, 0.5) is 5.13 Å². The Morgan fingerprint density at radius 2 is 2.24 bits per heavy atom. The van der Waals surface area contributed by atoms with Crippen LogP contribution >= 0.6 is 35.3 Å². The van der Waals surface area contributed by atoms with Gasteiger partial charge in [-0.25, -0.2) is 0 Å². The first-order chi connectivity index (χ1) is 10.0. The van der Waals surface area contributed by atoms with Crippen LogP contribution in [0.25, 0.3) is 0 Å². The van der Waals surface area contributed by atoms with Gasteiger partial charge in [0.05, 0.1) is 5.25 Å². The minimum atomic E-state index is -0.118. The second kappa shape index (κ2) is 7.28. The van der Waals surface area contributed by atoms with E-state index in [1.54, 1.807) is 4.90 Å². The maximum Gasteiger partial charge on any atom is 0.241 e. The first kappa shape index (κ1) is 16.3. The number of thioether (sulfide) groups is 1. The molecule has 1 aromatic heterocycles. The van der Waals surface area contributed by atoms with Gasteiger partial charge in [-0.1, -0.05) is 42.2 Å². The highest BCUT2D eigenvalue weighted by Gasteiger charge is 2.33. The van der Waals surface area contributed by atoms with Gasteiger partial charge in [-0.2, -0.15) is 0 Å². The van der Waals surface area contributed by atoms with Crippen molar-refractivity contribution in [2.24, 2.45) is 0 Å². The molecular weight excluding hydrogens is 328 g/mol. The summed E-state index contributed by atoms with van der Waals surface area (Å²) < 4.78 is 0.601. The Hall–Kier alpha value is -1.06. The van der Waals surface area contributed by atoms with E-state index in [-0.39, 0.29) is 17.1 Å². The lowest BCUT2D eigenvalue weighted by molar-refractivity contribution is -0.126. The normalized spacial score (nSPS) is 18.4. The summed E-state index contributed by atoms with van der Waals surface area (Å²) in [5, 5.41) is 11.9. The number of carbonyl (C=O) groups is 2. The minimum Gasteiger partial charge on any atom is -0.301 e. The van der Waals surface area contributed by atoms with Crippen molar-refractivity contribution in [2.75, 3.05) is 11.9 Å². The zero-order chi connectivity index (χ0) is 15.4. The number of anilines is 1. The third kappa shape index (κ3) is 4.21. The summed E-state index contributed by atoms with van der Waals surface area (Å²) in [5.74, 6) is -0.0887. The molecule has 1 atom stereocenters. The van der Waals surface area contributed by atoms with E-state index >= 15 is 0 Å². The van der Waals surface area contributed by atoms with Crippen LogP contribution in [0.2, 0.25) is 0 Å². The number of hydrogen-bond acceptors (Lipinski definition) is 7. The summed E-state index contributed by atoms with van der Waals surface area (Å²) in [7, 11) is 0. The molecule has 1 saturated heterocycles. The average Bonchev–Trinajstić information content (AvgIpc) is 2.98. The van der Waals surface area contributed by atoms with Crippen molar-refractivity contribution in [3.63, 3.8) is 0 Å². The monoisotopic (exact) mass is 344 g/mol. The van der Waals surface area contributed by atoms with Crippen LogP contribution in [-0.2, 0) is 16.0 Å². The maximum absolute atomic E-state index is 11.8. The number of nitrogens with zero attached hydrogens (tertiary/aromatic N) is 3. The van der Waals surface area contributed by atoms with E-state index < -0.39 is 0 Å². The lowest BCUT2D eigenvalue weighted by atomic mass is 10.2. The standard InChI is InChI=1S/C12H16N4O2S3/c1-3-9-14-15-11(21-9)13-8(17)5-4-6-16-10(18)7(2)20-12(16)19/h7H,3-6H2,1-2H3,(H,13,15,17). The van der Waals surface area contributed by atoms with Crippen LogP contribution in [0.5, 0.6) is 0 Å². The van der Waals surface area contributed by atoms with Crippen molar-refractivity contribution in [2.45, 2.75) is 38.4 Å². The molecule has 21 heavy (non-hydrogen) atoms. The smallest absolute Gasteiger partial charge is 0.241 e. The van der Waals surface area contributed by atoms with Gasteiger partial charge in [0.1, 0.15) is 9.33 Å². The van der Waals surface area contributed by atoms with Crippen LogP contribution in [0, 0.1) is 0 Å². The maximum atomic E-state index is 11.8. The second-order valence-corrected chi connectivity index (χ2v) is 7.56. The quantitative estimate of drug-likeness (QED) is 0.796. The van der Waals surface area contributed by atoms with Gasteiger partial charge in [0.2, 0.25) is 16.9 Å². The van der Waals surface area contributed by atoms with Gasteiger partial charge in [-0.15, -0.1) is 10.2 Å². The highest BCUT2D eigenvalue weighted by Crippen LogP contribution is 2.26. The van der Waals surface area contributed by atoms with E-state index in [0.29, 0.717) is 28.8 Å². The number of rotatable bonds is 6. The number of aryl methyl sites for hydroxylation is 1. The first-order valence-electron chi connectivity index (χ1n) is 6.65. The van der Waals surface area contributed by atoms with Crippen molar-refractivity contribution in [3.8, 4) is 0 Å². The fourth-order valence-electron chi connectivity index (χ4n) is 1.80. The molecule has 1 fully saturated rings. The van der Waals surface area contributed by atoms with Crippen LogP contribution in [0.15, 0.2) is 0 Å². The predicted molar refractivity (Wildman–Crippen MR) is 88.5 cm³/mol. The fraction of sp³-hybridized carbons (Fsp3) is 0.583. The summed E-state index contributed by atoms with van der Waals surface area (Å²) >= 11 is 7.92. The molecule has 0 saturated carbocycles. The highest BCUT2D eigenvalue weighted by molar-refractivity contribution is 8.24. The van der Waals surface area contributed by atoms with Crippen molar-refractivity contribution in [1.82, 2.24) is 15.1 Å². The Balaban J connectivity index is 1.74. The molecule has 0 aromatic carbocycles. The average molecular weight is 344 g/mol. The highest BCUT2D eigenvalue weighted by atomic mass is 32.2. The lowest BCUT2D eigenvalue weighted by Crippen LogP contribution is -2.32. The topological polar surface area (TPSA) is 75.2 Å². The number of aromatic nitrogens is 2. The Bertz CT molecular complexity index is 560. The molecule has 2 amide bonds. The summed E-state index contributed by atoms with van der Waals surface area (Å²) in [6.07, 6.45) is 1.70. The number of thiocarbonyl (C=S) groups is 1. The molecule has 1 aromatic rings. The van der Waals surface area contributed by atoms with E-state index in [4.69, 9.17) is 12.2 Å². The molecule has 0 aliphatic carbocycles. The third-order valence-corrected chi connectivity index (χ3v) is 5.38. The lowest BCUT2D eigenvalue weighted by Gasteiger charge is -2.14. The van der Waals surface area contributed by atoms with Gasteiger partial charge in [-0.05, 0) is 19.8 Å². The van der Waals surface area contributed by atoms with Crippen molar-refractivity contribution < 1.29 is 9.59 Å². The fourth-order valence-corrected chi connectivity index (χ4v) is 3.95. The predicted octanol–water partition coefficient (Wildman–Crippen LogP) is 2.07. The SMILES string of the molecule is CCc1nnc(NC(=O)CCCN2C(=O)C(C)SC2=S)s1. The molecule has 1 aliphatic heterocycles. The van der Waals surface area contributed by atoms with Crippen molar-refractivity contribution in [3.05, 3.63) is 5.01 Å². The van der Waals surface area contributed by atoms with Gasteiger partial charge in [0, 0.05) is 13.0 Å². The molecule has 2 heterocycles. The summed E-state index contributed by atoms with van der Waals surface area (Å²) in [6.45, 7) is 4.31. The Morgan fingerprint density at radius 3 is 2.81 bits per heavy atom. The van der Waals surface area contributed by atoms with Crippen LogP contribution in [0.3, 0.4) is 0 Å². The summed E-state index contributed by atoms with van der Waals surface area (Å²) in [6, 6.07) is 0. The Kier molecular flexibility index (Phi) is 5.65. The van der Waals surface area contributed by atoms with Crippen molar-refractivity contribution >= 4 is 56.6 Å². The van der Waals surface area contributed by atoms with Gasteiger partial charge < -0.3 is 5.32 Å². The van der Waals surface area contributed by atoms with Gasteiger partial charge >= 0.3 is 0 Å². The Labute approximate surface area is 136 Å².